The fourth-order valence-electron chi connectivity index (χ4n) is 1.33. The van der Waals surface area contributed by atoms with E-state index >= 15 is 0 Å². The molecule has 0 spiro atoms. The Balaban J connectivity index is 2.07. The van der Waals surface area contributed by atoms with Crippen LogP contribution in [-0.4, -0.2) is 41.6 Å². The van der Waals surface area contributed by atoms with Crippen molar-refractivity contribution in [2.45, 2.75) is 33.1 Å². The van der Waals surface area contributed by atoms with Crippen LogP contribution in [-0.2, 0) is 25.5 Å². The highest BCUT2D eigenvalue weighted by Crippen LogP contribution is 1.99. The summed E-state index contributed by atoms with van der Waals surface area (Å²) in [7, 11) is 0. The molecule has 1 heterocycles. The van der Waals surface area contributed by atoms with Crippen molar-refractivity contribution >= 4 is 5.97 Å². The second-order valence-corrected chi connectivity index (χ2v) is 3.68. The molecule has 1 aromatic heterocycles. The lowest BCUT2D eigenvalue weighted by molar-refractivity contribution is -0.177. The van der Waals surface area contributed by atoms with E-state index in [1.165, 1.54) is 0 Å². The molecule has 6 nitrogen and oxygen atoms in total. The zero-order valence-electron chi connectivity index (χ0n) is 10.9. The average Bonchev–Trinajstić information content (AvgIpc) is 2.85. The van der Waals surface area contributed by atoms with Crippen molar-refractivity contribution in [3.63, 3.8) is 0 Å². The lowest BCUT2D eigenvalue weighted by Gasteiger charge is -2.14. The molecule has 0 aliphatic heterocycles. The lowest BCUT2D eigenvalue weighted by Crippen LogP contribution is -2.21. The van der Waals surface area contributed by atoms with Crippen LogP contribution >= 0.6 is 0 Å². The van der Waals surface area contributed by atoms with Gasteiger partial charge in [0.15, 0.2) is 6.29 Å². The van der Waals surface area contributed by atoms with Crippen LogP contribution in [0.3, 0.4) is 0 Å². The summed E-state index contributed by atoms with van der Waals surface area (Å²) >= 11 is 0. The fourth-order valence-corrected chi connectivity index (χ4v) is 1.33. The largest absolute Gasteiger partial charge is 0.436 e. The molecule has 0 N–H and O–H groups in total. The second-order valence-electron chi connectivity index (χ2n) is 3.68. The molecule has 0 fully saturated rings. The maximum atomic E-state index is 11.5. The molecule has 0 radical (unpaired) electrons. The third-order valence-electron chi connectivity index (χ3n) is 2.22. The number of hydrogen-bond acceptors (Lipinski definition) is 5. The van der Waals surface area contributed by atoms with Crippen LogP contribution in [0.15, 0.2) is 18.7 Å². The number of esters is 1. The van der Waals surface area contributed by atoms with Gasteiger partial charge in [-0.15, -0.1) is 0 Å². The summed E-state index contributed by atoms with van der Waals surface area (Å²) in [6.45, 7) is 5.75. The number of hydrogen-bond donors (Lipinski definition) is 0. The average molecular weight is 256 g/mol. The molecule has 0 amide bonds. The zero-order valence-corrected chi connectivity index (χ0v) is 10.9. The van der Waals surface area contributed by atoms with E-state index in [2.05, 4.69) is 4.98 Å². The predicted molar refractivity (Wildman–Crippen MR) is 64.8 cm³/mol. The standard InChI is InChI=1S/C12H20N2O4/c1-3-16-8-9-17-11(2)18-12(15)4-6-14-7-5-13-10-14/h5,7,10-11H,3-4,6,8-9H2,1-2H3. The van der Waals surface area contributed by atoms with Crippen LogP contribution in [0.5, 0.6) is 0 Å². The van der Waals surface area contributed by atoms with Crippen molar-refractivity contribution in [2.24, 2.45) is 0 Å². The minimum atomic E-state index is -0.541. The summed E-state index contributed by atoms with van der Waals surface area (Å²) in [4.78, 5) is 15.4. The fraction of sp³-hybridized carbons (Fsp3) is 0.667. The minimum absolute atomic E-state index is 0.285. The van der Waals surface area contributed by atoms with E-state index in [4.69, 9.17) is 14.2 Å². The molecular formula is C12H20N2O4. The van der Waals surface area contributed by atoms with Crippen molar-refractivity contribution < 1.29 is 19.0 Å². The first-order valence-electron chi connectivity index (χ1n) is 6.07. The SMILES string of the molecule is CCOCCOC(C)OC(=O)CCn1ccnc1. The highest BCUT2D eigenvalue weighted by molar-refractivity contribution is 5.69. The molecule has 1 rings (SSSR count). The van der Waals surface area contributed by atoms with Gasteiger partial charge < -0.3 is 18.8 Å². The van der Waals surface area contributed by atoms with Crippen LogP contribution in [0, 0.1) is 0 Å². The number of nitrogens with zero attached hydrogens (tertiary/aromatic N) is 2. The van der Waals surface area contributed by atoms with Gasteiger partial charge in [-0.05, 0) is 13.8 Å². The summed E-state index contributed by atoms with van der Waals surface area (Å²) in [6.07, 6.45) is 4.89. The Morgan fingerprint density at radius 3 is 2.94 bits per heavy atom. The summed E-state index contributed by atoms with van der Waals surface area (Å²) in [5.41, 5.74) is 0. The van der Waals surface area contributed by atoms with Gasteiger partial charge in [-0.1, -0.05) is 0 Å². The molecule has 0 bridgehead atoms. The Bertz CT molecular complexity index is 327. The van der Waals surface area contributed by atoms with Crippen LogP contribution in [0.4, 0.5) is 0 Å². The van der Waals surface area contributed by atoms with Gasteiger partial charge in [0.2, 0.25) is 0 Å². The molecule has 0 aromatic carbocycles. The van der Waals surface area contributed by atoms with Gasteiger partial charge in [0.1, 0.15) is 0 Å². The Morgan fingerprint density at radius 1 is 1.44 bits per heavy atom. The highest BCUT2D eigenvalue weighted by Gasteiger charge is 2.09. The van der Waals surface area contributed by atoms with E-state index in [0.717, 1.165) is 0 Å². The van der Waals surface area contributed by atoms with E-state index in [9.17, 15) is 4.79 Å². The third-order valence-corrected chi connectivity index (χ3v) is 2.22. The Kier molecular flexibility index (Phi) is 7.05. The number of aryl methyl sites for hydroxylation is 1. The van der Waals surface area contributed by atoms with Gasteiger partial charge in [0.25, 0.3) is 0 Å². The maximum absolute atomic E-state index is 11.5. The molecule has 18 heavy (non-hydrogen) atoms. The van der Waals surface area contributed by atoms with E-state index in [-0.39, 0.29) is 5.97 Å². The van der Waals surface area contributed by atoms with Gasteiger partial charge in [-0.2, -0.15) is 0 Å². The quantitative estimate of drug-likeness (QED) is 0.377. The van der Waals surface area contributed by atoms with Crippen LogP contribution in [0.2, 0.25) is 0 Å². The first-order chi connectivity index (χ1) is 8.72. The number of ether oxygens (including phenoxy) is 3. The van der Waals surface area contributed by atoms with Crippen molar-refractivity contribution in [3.8, 4) is 0 Å². The predicted octanol–water partition coefficient (Wildman–Crippen LogP) is 1.22. The van der Waals surface area contributed by atoms with Crippen molar-refractivity contribution in [1.29, 1.82) is 0 Å². The highest BCUT2D eigenvalue weighted by atomic mass is 16.7. The molecule has 0 aliphatic carbocycles. The van der Waals surface area contributed by atoms with Crippen LogP contribution < -0.4 is 0 Å². The number of aromatic nitrogens is 2. The summed E-state index contributed by atoms with van der Waals surface area (Å²) in [5.74, 6) is -0.285. The zero-order chi connectivity index (χ0) is 13.2. The molecule has 0 saturated carbocycles. The van der Waals surface area contributed by atoms with Crippen molar-refractivity contribution in [3.05, 3.63) is 18.7 Å². The molecule has 102 valence electrons. The van der Waals surface area contributed by atoms with Gasteiger partial charge >= 0.3 is 5.97 Å². The topological polar surface area (TPSA) is 62.6 Å². The minimum Gasteiger partial charge on any atom is -0.436 e. The Labute approximate surface area is 107 Å². The summed E-state index contributed by atoms with van der Waals surface area (Å²) < 4.78 is 17.3. The first kappa shape index (κ1) is 14.7. The van der Waals surface area contributed by atoms with Crippen molar-refractivity contribution in [1.82, 2.24) is 9.55 Å². The molecular weight excluding hydrogens is 236 g/mol. The summed E-state index contributed by atoms with van der Waals surface area (Å²) in [5, 5.41) is 0. The number of rotatable bonds is 9. The molecule has 0 saturated heterocycles. The number of imidazole rings is 1. The van der Waals surface area contributed by atoms with Crippen LogP contribution in [0.25, 0.3) is 0 Å². The van der Waals surface area contributed by atoms with Gasteiger partial charge in [-0.3, -0.25) is 4.79 Å². The second kappa shape index (κ2) is 8.66. The Morgan fingerprint density at radius 2 is 2.28 bits per heavy atom. The number of carbonyl (C=O) groups is 1. The first-order valence-corrected chi connectivity index (χ1v) is 6.07. The van der Waals surface area contributed by atoms with Gasteiger partial charge in [0.05, 0.1) is 26.0 Å². The van der Waals surface area contributed by atoms with E-state index in [1.807, 2.05) is 11.5 Å². The van der Waals surface area contributed by atoms with Gasteiger partial charge in [-0.25, -0.2) is 4.98 Å². The molecule has 1 aromatic rings. The molecule has 0 aliphatic rings. The van der Waals surface area contributed by atoms with E-state index in [1.54, 1.807) is 25.6 Å². The Hall–Kier alpha value is -1.40. The molecule has 1 unspecified atom stereocenters. The lowest BCUT2D eigenvalue weighted by atomic mass is 10.4. The monoisotopic (exact) mass is 256 g/mol. The normalized spacial score (nSPS) is 12.3. The molecule has 1 atom stereocenters. The van der Waals surface area contributed by atoms with E-state index < -0.39 is 6.29 Å². The maximum Gasteiger partial charge on any atom is 0.309 e. The third kappa shape index (κ3) is 6.36. The number of carbonyl (C=O) groups excluding carboxylic acids is 1. The van der Waals surface area contributed by atoms with Gasteiger partial charge in [0, 0.05) is 25.5 Å². The molecule has 6 heteroatoms. The smallest absolute Gasteiger partial charge is 0.309 e. The van der Waals surface area contributed by atoms with Crippen molar-refractivity contribution in [2.75, 3.05) is 19.8 Å². The van der Waals surface area contributed by atoms with E-state index in [0.29, 0.717) is 32.8 Å². The van der Waals surface area contributed by atoms with Crippen LogP contribution in [0.1, 0.15) is 20.3 Å². The summed E-state index contributed by atoms with van der Waals surface area (Å²) in [6, 6.07) is 0.